The molecule has 0 aliphatic carbocycles. The largest absolute Gasteiger partial charge is 0.321 e. The number of amides is 2. The molecule has 0 saturated heterocycles. The monoisotopic (exact) mass is 378 g/mol. The van der Waals surface area contributed by atoms with Crippen LogP contribution in [0.5, 0.6) is 0 Å². The van der Waals surface area contributed by atoms with E-state index >= 15 is 0 Å². The minimum absolute atomic E-state index is 0.0493. The van der Waals surface area contributed by atoms with Gasteiger partial charge in [0.2, 0.25) is 5.91 Å². The Morgan fingerprint density at radius 1 is 1.08 bits per heavy atom. The smallest absolute Gasteiger partial charge is 0.276 e. The van der Waals surface area contributed by atoms with Gasteiger partial charge in [-0.2, -0.15) is 5.10 Å². The molecule has 0 aliphatic heterocycles. The molecule has 0 atom stereocenters. The summed E-state index contributed by atoms with van der Waals surface area (Å²) in [7, 11) is -3.94. The molecule has 9 nitrogen and oxygen atoms in total. The van der Waals surface area contributed by atoms with E-state index in [1.807, 2.05) is 4.72 Å². The van der Waals surface area contributed by atoms with Gasteiger partial charge in [0.05, 0.1) is 10.9 Å². The van der Waals surface area contributed by atoms with Crippen molar-refractivity contribution < 1.29 is 18.0 Å². The maximum Gasteiger partial charge on any atom is 0.276 e. The van der Waals surface area contributed by atoms with Crippen LogP contribution in [0.15, 0.2) is 46.1 Å². The van der Waals surface area contributed by atoms with Gasteiger partial charge in [0.25, 0.3) is 21.5 Å². The van der Waals surface area contributed by atoms with Crippen molar-refractivity contribution in [2.45, 2.75) is 31.7 Å². The highest BCUT2D eigenvalue weighted by Crippen LogP contribution is 2.14. The SMILES string of the molecule is CC(=O)NS(=O)(=O)c1ccc(NC(=O)c2ccc(=O)n(C(C)C)n2)cc1. The molecule has 2 amide bonds. The molecule has 2 aromatic rings. The standard InChI is InChI=1S/C16H18N4O5S/c1-10(2)20-15(22)9-8-14(18-20)16(23)17-12-4-6-13(7-5-12)26(24,25)19-11(3)21/h4-10H,1-3H3,(H,17,23)(H,19,21). The Bertz CT molecular complexity index is 994. The summed E-state index contributed by atoms with van der Waals surface area (Å²) in [6.07, 6.45) is 0. The average Bonchev–Trinajstić information content (AvgIpc) is 2.54. The van der Waals surface area contributed by atoms with E-state index in [0.29, 0.717) is 5.69 Å². The van der Waals surface area contributed by atoms with Gasteiger partial charge in [0.15, 0.2) is 0 Å². The molecule has 138 valence electrons. The third-order valence-corrected chi connectivity index (χ3v) is 4.70. The van der Waals surface area contributed by atoms with Crippen molar-refractivity contribution in [3.63, 3.8) is 0 Å². The Balaban J connectivity index is 2.19. The molecule has 10 heteroatoms. The minimum atomic E-state index is -3.94. The lowest BCUT2D eigenvalue weighted by Gasteiger charge is -2.10. The lowest BCUT2D eigenvalue weighted by Crippen LogP contribution is -2.28. The van der Waals surface area contributed by atoms with Gasteiger partial charge in [0, 0.05) is 18.7 Å². The topological polar surface area (TPSA) is 127 Å². The second-order valence-electron chi connectivity index (χ2n) is 5.74. The number of benzene rings is 1. The molecule has 0 aliphatic rings. The van der Waals surface area contributed by atoms with Crippen LogP contribution in [0.4, 0.5) is 5.69 Å². The Morgan fingerprint density at radius 3 is 2.23 bits per heavy atom. The Kier molecular flexibility index (Phi) is 5.56. The van der Waals surface area contributed by atoms with E-state index in [1.54, 1.807) is 13.8 Å². The van der Waals surface area contributed by atoms with Crippen LogP contribution in [0.1, 0.15) is 37.3 Å². The van der Waals surface area contributed by atoms with Crippen molar-refractivity contribution in [1.82, 2.24) is 14.5 Å². The van der Waals surface area contributed by atoms with Gasteiger partial charge in [-0.25, -0.2) is 17.8 Å². The van der Waals surface area contributed by atoms with E-state index in [9.17, 15) is 22.8 Å². The fourth-order valence-electron chi connectivity index (χ4n) is 2.08. The van der Waals surface area contributed by atoms with Gasteiger partial charge in [-0.1, -0.05) is 0 Å². The van der Waals surface area contributed by atoms with Crippen LogP contribution in [0.3, 0.4) is 0 Å². The fourth-order valence-corrected chi connectivity index (χ4v) is 3.07. The molecule has 0 fully saturated rings. The van der Waals surface area contributed by atoms with E-state index in [0.717, 1.165) is 6.92 Å². The number of aromatic nitrogens is 2. The highest BCUT2D eigenvalue weighted by atomic mass is 32.2. The van der Waals surface area contributed by atoms with Crippen LogP contribution >= 0.6 is 0 Å². The minimum Gasteiger partial charge on any atom is -0.321 e. The summed E-state index contributed by atoms with van der Waals surface area (Å²) < 4.78 is 26.8. The highest BCUT2D eigenvalue weighted by molar-refractivity contribution is 7.90. The maximum absolute atomic E-state index is 12.3. The summed E-state index contributed by atoms with van der Waals surface area (Å²) in [6.45, 7) is 4.63. The van der Waals surface area contributed by atoms with Crippen molar-refractivity contribution in [3.05, 3.63) is 52.4 Å². The second kappa shape index (κ2) is 7.48. The van der Waals surface area contributed by atoms with Crippen molar-refractivity contribution >= 4 is 27.5 Å². The van der Waals surface area contributed by atoms with Gasteiger partial charge in [-0.3, -0.25) is 14.4 Å². The Hall–Kier alpha value is -3.01. The number of nitrogens with zero attached hydrogens (tertiary/aromatic N) is 2. The first-order chi connectivity index (χ1) is 12.1. The molecule has 1 aromatic heterocycles. The summed E-state index contributed by atoms with van der Waals surface area (Å²) in [5.41, 5.74) is 0.0678. The van der Waals surface area contributed by atoms with Gasteiger partial charge in [0.1, 0.15) is 5.69 Å². The third kappa shape index (κ3) is 4.54. The lowest BCUT2D eigenvalue weighted by molar-refractivity contribution is -0.117. The van der Waals surface area contributed by atoms with Crippen LogP contribution in [0.25, 0.3) is 0 Å². The van der Waals surface area contributed by atoms with E-state index in [1.165, 1.54) is 41.1 Å². The van der Waals surface area contributed by atoms with E-state index in [4.69, 9.17) is 0 Å². The van der Waals surface area contributed by atoms with E-state index in [2.05, 4.69) is 10.4 Å². The third-order valence-electron chi connectivity index (χ3n) is 3.25. The summed E-state index contributed by atoms with van der Waals surface area (Å²) in [5, 5.41) is 6.57. The number of sulfonamides is 1. The maximum atomic E-state index is 12.3. The molecule has 26 heavy (non-hydrogen) atoms. The second-order valence-corrected chi connectivity index (χ2v) is 7.42. The molecule has 1 aromatic carbocycles. The predicted molar refractivity (Wildman–Crippen MR) is 94.3 cm³/mol. The summed E-state index contributed by atoms with van der Waals surface area (Å²) in [5.74, 6) is -1.24. The number of nitrogens with one attached hydrogen (secondary N) is 2. The van der Waals surface area contributed by atoms with Crippen LogP contribution in [-0.4, -0.2) is 30.0 Å². The number of hydrogen-bond donors (Lipinski definition) is 2. The molecular formula is C16H18N4O5S. The van der Waals surface area contributed by atoms with Crippen molar-refractivity contribution in [3.8, 4) is 0 Å². The molecule has 2 rings (SSSR count). The van der Waals surface area contributed by atoms with Gasteiger partial charge < -0.3 is 5.32 Å². The van der Waals surface area contributed by atoms with Crippen molar-refractivity contribution in [2.75, 3.05) is 5.32 Å². The average molecular weight is 378 g/mol. The van der Waals surface area contributed by atoms with Crippen LogP contribution in [-0.2, 0) is 14.8 Å². The van der Waals surface area contributed by atoms with Gasteiger partial charge >= 0.3 is 0 Å². The van der Waals surface area contributed by atoms with Gasteiger partial charge in [-0.15, -0.1) is 0 Å². The van der Waals surface area contributed by atoms with Crippen LogP contribution < -0.4 is 15.6 Å². The zero-order chi connectivity index (χ0) is 19.5. The molecular weight excluding hydrogens is 360 g/mol. The molecule has 2 N–H and O–H groups in total. The summed E-state index contributed by atoms with van der Waals surface area (Å²) in [6, 6.07) is 7.63. The Morgan fingerprint density at radius 2 is 1.69 bits per heavy atom. The molecule has 0 unspecified atom stereocenters. The van der Waals surface area contributed by atoms with E-state index < -0.39 is 21.8 Å². The van der Waals surface area contributed by atoms with Gasteiger partial charge in [-0.05, 0) is 44.2 Å². The zero-order valence-electron chi connectivity index (χ0n) is 14.4. The van der Waals surface area contributed by atoms with Crippen LogP contribution in [0, 0.1) is 0 Å². The number of carbonyl (C=O) groups excluding carboxylic acids is 2. The van der Waals surface area contributed by atoms with Crippen LogP contribution in [0.2, 0.25) is 0 Å². The summed E-state index contributed by atoms with van der Waals surface area (Å²) >= 11 is 0. The van der Waals surface area contributed by atoms with Crippen molar-refractivity contribution in [1.29, 1.82) is 0 Å². The molecule has 0 radical (unpaired) electrons. The normalized spacial score (nSPS) is 11.2. The Labute approximate surface area is 150 Å². The number of anilines is 1. The predicted octanol–water partition coefficient (Wildman–Crippen LogP) is 0.901. The quantitative estimate of drug-likeness (QED) is 0.796. The van der Waals surface area contributed by atoms with Crippen molar-refractivity contribution in [2.24, 2.45) is 0 Å². The molecule has 0 saturated carbocycles. The number of hydrogen-bond acceptors (Lipinski definition) is 6. The first kappa shape index (κ1) is 19.3. The van der Waals surface area contributed by atoms with E-state index in [-0.39, 0.29) is 22.2 Å². The fraction of sp³-hybridized carbons (Fsp3) is 0.250. The summed E-state index contributed by atoms with van der Waals surface area (Å²) in [4.78, 5) is 34.8. The number of carbonyl (C=O) groups is 2. The molecule has 1 heterocycles. The lowest BCUT2D eigenvalue weighted by atomic mass is 10.3. The first-order valence-corrected chi connectivity index (χ1v) is 9.13. The number of rotatable bonds is 5. The molecule has 0 bridgehead atoms. The molecule has 0 spiro atoms. The first-order valence-electron chi connectivity index (χ1n) is 7.65. The highest BCUT2D eigenvalue weighted by Gasteiger charge is 2.16. The zero-order valence-corrected chi connectivity index (χ0v) is 15.2.